The molecule has 1 heterocycles. The normalized spacial score (nSPS) is 13.0. The number of methoxy groups -OCH3 is 1. The van der Waals surface area contributed by atoms with E-state index in [-0.39, 0.29) is 0 Å². The first-order valence-corrected chi connectivity index (χ1v) is 6.73. The Morgan fingerprint density at radius 1 is 1.44 bits per heavy atom. The van der Waals surface area contributed by atoms with Gasteiger partial charge in [0.15, 0.2) is 0 Å². The maximum Gasteiger partial charge on any atom is 0.110 e. The van der Waals surface area contributed by atoms with Crippen LogP contribution in [-0.2, 0) is 11.2 Å². The van der Waals surface area contributed by atoms with Gasteiger partial charge in [-0.15, -0.1) is 11.3 Å². The smallest absolute Gasteiger partial charge is 0.110 e. The topological polar surface area (TPSA) is 34.2 Å². The standard InChI is InChI=1S/C12H22N2OS/c1-5-10-9(3)16-12(14-10)11(6-2)13-7-8-15-4/h11,13H,5-8H2,1-4H3. The van der Waals surface area contributed by atoms with Crippen LogP contribution in [0.4, 0.5) is 0 Å². The van der Waals surface area contributed by atoms with Crippen LogP contribution < -0.4 is 5.32 Å². The Morgan fingerprint density at radius 2 is 2.19 bits per heavy atom. The summed E-state index contributed by atoms with van der Waals surface area (Å²) in [4.78, 5) is 6.04. The number of ether oxygens (including phenoxy) is 1. The van der Waals surface area contributed by atoms with Gasteiger partial charge in [0.25, 0.3) is 0 Å². The minimum atomic E-state index is 0.374. The molecule has 0 saturated heterocycles. The number of nitrogens with one attached hydrogen (secondary N) is 1. The number of rotatable bonds is 7. The lowest BCUT2D eigenvalue weighted by Gasteiger charge is -2.13. The van der Waals surface area contributed by atoms with Gasteiger partial charge < -0.3 is 10.1 Å². The fourth-order valence-corrected chi connectivity index (χ4v) is 2.84. The number of aryl methyl sites for hydroxylation is 2. The molecule has 0 amide bonds. The highest BCUT2D eigenvalue weighted by Crippen LogP contribution is 2.25. The minimum absolute atomic E-state index is 0.374. The van der Waals surface area contributed by atoms with Gasteiger partial charge in [-0.1, -0.05) is 13.8 Å². The van der Waals surface area contributed by atoms with E-state index in [1.165, 1.54) is 15.6 Å². The summed E-state index contributed by atoms with van der Waals surface area (Å²) in [5.74, 6) is 0. The third kappa shape index (κ3) is 3.54. The van der Waals surface area contributed by atoms with E-state index in [2.05, 4.69) is 26.1 Å². The highest BCUT2D eigenvalue weighted by molar-refractivity contribution is 7.11. The van der Waals surface area contributed by atoms with Crippen LogP contribution in [0.5, 0.6) is 0 Å². The predicted molar refractivity (Wildman–Crippen MR) is 69.1 cm³/mol. The van der Waals surface area contributed by atoms with Gasteiger partial charge in [-0.3, -0.25) is 0 Å². The molecule has 1 rings (SSSR count). The monoisotopic (exact) mass is 242 g/mol. The summed E-state index contributed by atoms with van der Waals surface area (Å²) in [6.07, 6.45) is 2.09. The number of aromatic nitrogens is 1. The van der Waals surface area contributed by atoms with Gasteiger partial charge in [0.1, 0.15) is 5.01 Å². The third-order valence-electron chi connectivity index (χ3n) is 2.65. The zero-order valence-corrected chi connectivity index (χ0v) is 11.5. The van der Waals surface area contributed by atoms with Gasteiger partial charge in [-0.25, -0.2) is 4.98 Å². The lowest BCUT2D eigenvalue weighted by molar-refractivity contribution is 0.195. The zero-order chi connectivity index (χ0) is 12.0. The van der Waals surface area contributed by atoms with Crippen LogP contribution in [0.25, 0.3) is 0 Å². The molecule has 0 aliphatic carbocycles. The molecule has 0 fully saturated rings. The fraction of sp³-hybridized carbons (Fsp3) is 0.750. The van der Waals surface area contributed by atoms with Gasteiger partial charge in [0.2, 0.25) is 0 Å². The molecule has 4 heteroatoms. The van der Waals surface area contributed by atoms with Crippen molar-refractivity contribution in [3.63, 3.8) is 0 Å². The van der Waals surface area contributed by atoms with Crippen molar-refractivity contribution in [3.8, 4) is 0 Å². The Kier molecular flexibility index (Phi) is 5.95. The second-order valence-corrected chi connectivity index (χ2v) is 5.05. The van der Waals surface area contributed by atoms with E-state index in [1.807, 2.05) is 11.3 Å². The van der Waals surface area contributed by atoms with E-state index in [4.69, 9.17) is 9.72 Å². The largest absolute Gasteiger partial charge is 0.383 e. The average Bonchev–Trinajstić information content (AvgIpc) is 2.66. The lowest BCUT2D eigenvalue weighted by atomic mass is 10.2. The molecular formula is C12H22N2OS. The Morgan fingerprint density at radius 3 is 2.69 bits per heavy atom. The van der Waals surface area contributed by atoms with Crippen molar-refractivity contribution >= 4 is 11.3 Å². The van der Waals surface area contributed by atoms with Crippen LogP contribution in [0.15, 0.2) is 0 Å². The summed E-state index contributed by atoms with van der Waals surface area (Å²) >= 11 is 1.82. The summed E-state index contributed by atoms with van der Waals surface area (Å²) in [5.41, 5.74) is 1.24. The Balaban J connectivity index is 2.63. The van der Waals surface area contributed by atoms with Crippen LogP contribution >= 0.6 is 11.3 Å². The summed E-state index contributed by atoms with van der Waals surface area (Å²) in [6, 6.07) is 0.374. The van der Waals surface area contributed by atoms with Crippen molar-refractivity contribution in [2.75, 3.05) is 20.3 Å². The van der Waals surface area contributed by atoms with E-state index < -0.39 is 0 Å². The summed E-state index contributed by atoms with van der Waals surface area (Å²) in [7, 11) is 1.73. The fourth-order valence-electron chi connectivity index (χ4n) is 1.67. The summed E-state index contributed by atoms with van der Waals surface area (Å²) < 4.78 is 5.04. The van der Waals surface area contributed by atoms with Gasteiger partial charge >= 0.3 is 0 Å². The van der Waals surface area contributed by atoms with E-state index in [9.17, 15) is 0 Å². The molecule has 3 nitrogen and oxygen atoms in total. The van der Waals surface area contributed by atoms with Crippen LogP contribution in [0.2, 0.25) is 0 Å². The Hall–Kier alpha value is -0.450. The number of thiazole rings is 1. The molecule has 0 radical (unpaired) electrons. The SMILES string of the molecule is CCc1nc(C(CC)NCCOC)sc1C. The highest BCUT2D eigenvalue weighted by atomic mass is 32.1. The van der Waals surface area contributed by atoms with Crippen molar-refractivity contribution in [3.05, 3.63) is 15.6 Å². The molecule has 1 aromatic rings. The van der Waals surface area contributed by atoms with Gasteiger partial charge in [-0.2, -0.15) is 0 Å². The molecular weight excluding hydrogens is 220 g/mol. The first-order chi connectivity index (χ1) is 7.72. The number of hydrogen-bond acceptors (Lipinski definition) is 4. The van der Waals surface area contributed by atoms with E-state index >= 15 is 0 Å². The number of nitrogens with zero attached hydrogens (tertiary/aromatic N) is 1. The van der Waals surface area contributed by atoms with Crippen molar-refractivity contribution in [1.29, 1.82) is 0 Å². The molecule has 1 atom stereocenters. The molecule has 0 aliphatic rings. The van der Waals surface area contributed by atoms with Crippen LogP contribution in [-0.4, -0.2) is 25.2 Å². The molecule has 0 bridgehead atoms. The minimum Gasteiger partial charge on any atom is -0.383 e. The maximum absolute atomic E-state index is 5.04. The maximum atomic E-state index is 5.04. The molecule has 0 saturated carbocycles. The van der Waals surface area contributed by atoms with Crippen LogP contribution in [0, 0.1) is 6.92 Å². The molecule has 0 spiro atoms. The second-order valence-electron chi connectivity index (χ2n) is 3.82. The molecule has 1 N–H and O–H groups in total. The highest BCUT2D eigenvalue weighted by Gasteiger charge is 2.14. The second kappa shape index (κ2) is 6.99. The van der Waals surface area contributed by atoms with Crippen LogP contribution in [0.1, 0.15) is 41.9 Å². The Labute approximate surface area is 102 Å². The predicted octanol–water partition coefficient (Wildman–Crippen LogP) is 2.70. The Bertz CT molecular complexity index is 312. The average molecular weight is 242 g/mol. The lowest BCUT2D eigenvalue weighted by Crippen LogP contribution is -2.24. The van der Waals surface area contributed by atoms with Gasteiger partial charge in [0, 0.05) is 18.5 Å². The van der Waals surface area contributed by atoms with Gasteiger partial charge in [0.05, 0.1) is 18.3 Å². The van der Waals surface area contributed by atoms with Crippen LogP contribution in [0.3, 0.4) is 0 Å². The molecule has 0 aliphatic heterocycles. The van der Waals surface area contributed by atoms with Crippen molar-refractivity contribution in [2.45, 2.75) is 39.7 Å². The zero-order valence-electron chi connectivity index (χ0n) is 10.7. The van der Waals surface area contributed by atoms with E-state index in [1.54, 1.807) is 7.11 Å². The first kappa shape index (κ1) is 13.6. The molecule has 1 unspecified atom stereocenters. The molecule has 1 aromatic heterocycles. The van der Waals surface area contributed by atoms with Crippen molar-refractivity contribution in [2.24, 2.45) is 0 Å². The third-order valence-corrected chi connectivity index (χ3v) is 3.77. The van der Waals surface area contributed by atoms with E-state index in [0.29, 0.717) is 6.04 Å². The molecule has 16 heavy (non-hydrogen) atoms. The van der Waals surface area contributed by atoms with E-state index in [0.717, 1.165) is 26.0 Å². The summed E-state index contributed by atoms with van der Waals surface area (Å²) in [5, 5.41) is 4.69. The number of hydrogen-bond donors (Lipinski definition) is 1. The molecule has 0 aromatic carbocycles. The summed E-state index contributed by atoms with van der Waals surface area (Å²) in [6.45, 7) is 8.14. The quantitative estimate of drug-likeness (QED) is 0.747. The van der Waals surface area contributed by atoms with Crippen molar-refractivity contribution in [1.82, 2.24) is 10.3 Å². The van der Waals surface area contributed by atoms with Crippen molar-refractivity contribution < 1.29 is 4.74 Å². The first-order valence-electron chi connectivity index (χ1n) is 5.91. The van der Waals surface area contributed by atoms with Gasteiger partial charge in [-0.05, 0) is 19.8 Å². The molecule has 92 valence electrons.